The third-order valence-electron chi connectivity index (χ3n) is 5.21. The van der Waals surface area contributed by atoms with Crippen LogP contribution in [0.5, 0.6) is 5.75 Å². The quantitative estimate of drug-likeness (QED) is 0.637. The highest BCUT2D eigenvalue weighted by Crippen LogP contribution is 2.39. The van der Waals surface area contributed by atoms with Crippen molar-refractivity contribution in [2.45, 2.75) is 45.6 Å². The molecule has 2 aromatic carbocycles. The zero-order valence-corrected chi connectivity index (χ0v) is 16.9. The first-order valence-corrected chi connectivity index (χ1v) is 10.00. The van der Waals surface area contributed by atoms with Crippen LogP contribution in [0.1, 0.15) is 42.5 Å². The van der Waals surface area contributed by atoms with Crippen molar-refractivity contribution in [1.29, 1.82) is 5.26 Å². The highest BCUT2D eigenvalue weighted by Gasteiger charge is 2.25. The van der Waals surface area contributed by atoms with Crippen LogP contribution in [-0.4, -0.2) is 22.3 Å². The standard InChI is InChI=1S/C24H22N2O4/c1-14(2)29-21-9-6-17(12-18(21)13-25)24-20-8-5-16-11-15(4-10-22(27)28)3-7-19(16)23(20)26-30-24/h3,6-7,9,11-12,14H,4-5,8,10H2,1-2H3,(H,27,28). The van der Waals surface area contributed by atoms with Crippen LogP contribution >= 0.6 is 0 Å². The molecule has 4 rings (SSSR count). The molecule has 0 unspecified atom stereocenters. The van der Waals surface area contributed by atoms with Crippen LogP contribution in [0.4, 0.5) is 0 Å². The molecule has 0 saturated heterocycles. The second-order valence-electron chi connectivity index (χ2n) is 7.71. The molecule has 1 aliphatic carbocycles. The number of aliphatic carboxylic acids is 1. The van der Waals surface area contributed by atoms with Gasteiger partial charge in [-0.3, -0.25) is 4.79 Å². The highest BCUT2D eigenvalue weighted by atomic mass is 16.5. The Morgan fingerprint density at radius 1 is 1.27 bits per heavy atom. The largest absolute Gasteiger partial charge is 0.490 e. The molecule has 152 valence electrons. The van der Waals surface area contributed by atoms with E-state index in [9.17, 15) is 10.1 Å². The maximum Gasteiger partial charge on any atom is 0.303 e. The molecule has 0 amide bonds. The Morgan fingerprint density at radius 3 is 2.83 bits per heavy atom. The van der Waals surface area contributed by atoms with Gasteiger partial charge in [-0.1, -0.05) is 23.4 Å². The zero-order valence-electron chi connectivity index (χ0n) is 16.9. The van der Waals surface area contributed by atoms with Gasteiger partial charge in [0.25, 0.3) is 0 Å². The minimum atomic E-state index is -0.794. The third kappa shape index (κ3) is 3.79. The van der Waals surface area contributed by atoms with E-state index in [0.717, 1.165) is 46.4 Å². The van der Waals surface area contributed by atoms with Gasteiger partial charge in [0.2, 0.25) is 0 Å². The van der Waals surface area contributed by atoms with Crippen LogP contribution < -0.4 is 4.74 Å². The Kier molecular flexibility index (Phi) is 5.28. The second kappa shape index (κ2) is 8.03. The van der Waals surface area contributed by atoms with Gasteiger partial charge in [0.05, 0.1) is 11.7 Å². The highest BCUT2D eigenvalue weighted by molar-refractivity contribution is 5.77. The van der Waals surface area contributed by atoms with E-state index >= 15 is 0 Å². The molecule has 1 aromatic heterocycles. The van der Waals surface area contributed by atoms with Gasteiger partial charge in [-0.05, 0) is 62.4 Å². The molecule has 6 nitrogen and oxygen atoms in total. The van der Waals surface area contributed by atoms with E-state index in [1.807, 2.05) is 32.0 Å². The molecule has 1 heterocycles. The van der Waals surface area contributed by atoms with Crippen LogP contribution in [-0.2, 0) is 24.1 Å². The maximum absolute atomic E-state index is 10.8. The number of benzene rings is 2. The number of fused-ring (bicyclic) bond motifs is 3. The summed E-state index contributed by atoms with van der Waals surface area (Å²) >= 11 is 0. The van der Waals surface area contributed by atoms with Crippen molar-refractivity contribution in [2.75, 3.05) is 0 Å². The average Bonchev–Trinajstić information content (AvgIpc) is 3.16. The molecule has 0 aliphatic heterocycles. The predicted octanol–water partition coefficient (Wildman–Crippen LogP) is 4.78. The molecular weight excluding hydrogens is 380 g/mol. The minimum absolute atomic E-state index is 0.0159. The number of carboxylic acid groups (broad SMARTS) is 1. The van der Waals surface area contributed by atoms with Gasteiger partial charge in [-0.2, -0.15) is 5.26 Å². The first-order chi connectivity index (χ1) is 14.5. The Labute approximate surface area is 174 Å². The zero-order chi connectivity index (χ0) is 21.3. The summed E-state index contributed by atoms with van der Waals surface area (Å²) in [6.07, 6.45) is 2.22. The summed E-state index contributed by atoms with van der Waals surface area (Å²) in [4.78, 5) is 10.8. The van der Waals surface area contributed by atoms with Crippen LogP contribution in [0, 0.1) is 11.3 Å². The number of carboxylic acids is 1. The first kappa shape index (κ1) is 19.7. The van der Waals surface area contributed by atoms with Gasteiger partial charge < -0.3 is 14.4 Å². The molecule has 0 spiro atoms. The summed E-state index contributed by atoms with van der Waals surface area (Å²) in [5.74, 6) is 0.444. The molecule has 3 aromatic rings. The van der Waals surface area contributed by atoms with Gasteiger partial charge in [0, 0.05) is 23.1 Å². The fourth-order valence-electron chi connectivity index (χ4n) is 3.85. The number of carbonyl (C=O) groups is 1. The van der Waals surface area contributed by atoms with Crippen molar-refractivity contribution in [3.63, 3.8) is 0 Å². The molecule has 0 saturated carbocycles. The van der Waals surface area contributed by atoms with E-state index < -0.39 is 5.97 Å². The lowest BCUT2D eigenvalue weighted by Gasteiger charge is -2.16. The van der Waals surface area contributed by atoms with Crippen molar-refractivity contribution in [3.8, 4) is 34.4 Å². The molecule has 1 N–H and O–H groups in total. The van der Waals surface area contributed by atoms with Gasteiger partial charge in [0.1, 0.15) is 17.5 Å². The van der Waals surface area contributed by atoms with E-state index in [0.29, 0.717) is 23.5 Å². The van der Waals surface area contributed by atoms with Crippen LogP contribution in [0.25, 0.3) is 22.6 Å². The number of ether oxygens (including phenoxy) is 1. The normalized spacial score (nSPS) is 12.2. The Bertz CT molecular complexity index is 1150. The Hall–Kier alpha value is -3.59. The molecule has 30 heavy (non-hydrogen) atoms. The van der Waals surface area contributed by atoms with E-state index in [4.69, 9.17) is 14.4 Å². The molecule has 0 atom stereocenters. The van der Waals surface area contributed by atoms with Crippen LogP contribution in [0.2, 0.25) is 0 Å². The summed E-state index contributed by atoms with van der Waals surface area (Å²) < 4.78 is 11.4. The maximum atomic E-state index is 10.8. The van der Waals surface area contributed by atoms with E-state index in [1.165, 1.54) is 0 Å². The number of hydrogen-bond donors (Lipinski definition) is 1. The van der Waals surface area contributed by atoms with Crippen molar-refractivity contribution >= 4 is 5.97 Å². The smallest absolute Gasteiger partial charge is 0.303 e. The lowest BCUT2D eigenvalue weighted by Crippen LogP contribution is -2.07. The number of nitrogens with zero attached hydrogens (tertiary/aromatic N) is 2. The number of rotatable bonds is 6. The third-order valence-corrected chi connectivity index (χ3v) is 5.21. The Balaban J connectivity index is 1.67. The number of aryl methyl sites for hydroxylation is 2. The van der Waals surface area contributed by atoms with Crippen LogP contribution in [0.15, 0.2) is 40.9 Å². The van der Waals surface area contributed by atoms with Crippen molar-refractivity contribution in [3.05, 3.63) is 58.7 Å². The van der Waals surface area contributed by atoms with Crippen molar-refractivity contribution in [1.82, 2.24) is 5.16 Å². The minimum Gasteiger partial charge on any atom is -0.490 e. The van der Waals surface area contributed by atoms with E-state index in [2.05, 4.69) is 17.3 Å². The van der Waals surface area contributed by atoms with Crippen LogP contribution in [0.3, 0.4) is 0 Å². The Morgan fingerprint density at radius 2 is 2.10 bits per heavy atom. The molecule has 6 heteroatoms. The van der Waals surface area contributed by atoms with Gasteiger partial charge in [0.15, 0.2) is 5.76 Å². The fourth-order valence-corrected chi connectivity index (χ4v) is 3.85. The molecule has 0 radical (unpaired) electrons. The summed E-state index contributed by atoms with van der Waals surface area (Å²) in [5, 5.41) is 22.7. The van der Waals surface area contributed by atoms with Gasteiger partial charge in [-0.25, -0.2) is 0 Å². The monoisotopic (exact) mass is 402 g/mol. The van der Waals surface area contributed by atoms with Gasteiger partial charge >= 0.3 is 5.97 Å². The fraction of sp³-hybridized carbons (Fsp3) is 0.292. The summed E-state index contributed by atoms with van der Waals surface area (Å²) in [6.45, 7) is 3.85. The summed E-state index contributed by atoms with van der Waals surface area (Å²) in [6, 6.07) is 13.7. The summed E-state index contributed by atoms with van der Waals surface area (Å²) in [7, 11) is 0. The average molecular weight is 402 g/mol. The SMILES string of the molecule is CC(C)Oc1ccc(-c2onc3c2CCc2cc(CCC(=O)O)ccc2-3)cc1C#N. The topological polar surface area (TPSA) is 96.3 Å². The first-order valence-electron chi connectivity index (χ1n) is 10.00. The second-order valence-corrected chi connectivity index (χ2v) is 7.71. The number of hydrogen-bond acceptors (Lipinski definition) is 5. The molecular formula is C24H22N2O4. The summed E-state index contributed by atoms with van der Waals surface area (Å²) in [5.41, 5.74) is 6.31. The van der Waals surface area contributed by atoms with E-state index in [1.54, 1.807) is 12.1 Å². The number of nitriles is 1. The molecule has 1 aliphatic rings. The van der Waals surface area contributed by atoms with Gasteiger partial charge in [-0.15, -0.1) is 0 Å². The predicted molar refractivity (Wildman–Crippen MR) is 111 cm³/mol. The number of aromatic nitrogens is 1. The van der Waals surface area contributed by atoms with E-state index in [-0.39, 0.29) is 12.5 Å². The van der Waals surface area contributed by atoms with Crippen molar-refractivity contribution < 1.29 is 19.2 Å². The van der Waals surface area contributed by atoms with Crippen molar-refractivity contribution in [2.24, 2.45) is 0 Å². The molecule has 0 bridgehead atoms. The lowest BCUT2D eigenvalue weighted by atomic mass is 9.86. The molecule has 0 fully saturated rings. The lowest BCUT2D eigenvalue weighted by molar-refractivity contribution is -0.136.